The Balaban J connectivity index is 1.81. The molecule has 0 radical (unpaired) electrons. The predicted octanol–water partition coefficient (Wildman–Crippen LogP) is 4.67. The van der Waals surface area contributed by atoms with E-state index in [1.807, 2.05) is 12.1 Å². The number of carbonyl (C=O) groups is 1. The van der Waals surface area contributed by atoms with Crippen LogP contribution in [0.4, 0.5) is 0 Å². The summed E-state index contributed by atoms with van der Waals surface area (Å²) in [6.07, 6.45) is 9.85. The van der Waals surface area contributed by atoms with Crippen LogP contribution in [0.25, 0.3) is 12.2 Å². The number of benzene rings is 1. The zero-order valence-corrected chi connectivity index (χ0v) is 19.0. The zero-order chi connectivity index (χ0) is 22.9. The third-order valence-electron chi connectivity index (χ3n) is 4.44. The van der Waals surface area contributed by atoms with Crippen LogP contribution in [0.2, 0.25) is 10.0 Å². The molecule has 1 N–H and O–H groups in total. The molecule has 0 saturated carbocycles. The number of hydrogen-bond donors (Lipinski definition) is 1. The van der Waals surface area contributed by atoms with Crippen LogP contribution in [-0.4, -0.2) is 36.7 Å². The van der Waals surface area contributed by atoms with Crippen molar-refractivity contribution in [2.75, 3.05) is 20.8 Å². The average molecular weight is 474 g/mol. The maximum atomic E-state index is 12.3. The lowest BCUT2D eigenvalue weighted by atomic mass is 10.1. The molecule has 1 aromatic carbocycles. The topological polar surface area (TPSA) is 82.6 Å². The second kappa shape index (κ2) is 11.4. The summed E-state index contributed by atoms with van der Waals surface area (Å²) in [6.45, 7) is 0.151. The molecule has 0 aliphatic heterocycles. The molecule has 0 unspecified atom stereocenters. The molecule has 0 spiro atoms. The largest absolute Gasteiger partial charge is 0.493 e. The number of aromatic nitrogens is 2. The van der Waals surface area contributed by atoms with Gasteiger partial charge in [-0.2, -0.15) is 0 Å². The van der Waals surface area contributed by atoms with Gasteiger partial charge in [0.1, 0.15) is 0 Å². The van der Waals surface area contributed by atoms with Crippen molar-refractivity contribution < 1.29 is 19.0 Å². The Morgan fingerprint density at radius 3 is 2.34 bits per heavy atom. The molecule has 0 saturated heterocycles. The molecule has 3 rings (SSSR count). The molecule has 2 heterocycles. The van der Waals surface area contributed by atoms with Crippen LogP contribution in [0.15, 0.2) is 49.1 Å². The summed E-state index contributed by atoms with van der Waals surface area (Å²) in [5.41, 5.74) is 2.19. The molecule has 1 amide bonds. The summed E-state index contributed by atoms with van der Waals surface area (Å²) >= 11 is 12.4. The van der Waals surface area contributed by atoms with Gasteiger partial charge in [-0.15, -0.1) is 0 Å². The SMILES string of the molecule is COc1ccc(C=Cc2c(Cl)cncc2Cl)c(OCC(=O)NCc2ccncc2)c1OC. The Hall–Kier alpha value is -3.29. The number of methoxy groups -OCH3 is 2. The van der Waals surface area contributed by atoms with E-state index in [1.54, 1.807) is 36.7 Å². The average Bonchev–Trinajstić information content (AvgIpc) is 2.81. The molecule has 3 aromatic rings. The standard InChI is InChI=1S/C23H21Cl2N3O4/c1-30-20-6-4-16(3-5-17-18(24)12-27-13-19(17)25)22(23(20)31-2)32-14-21(29)28-11-15-7-9-26-10-8-15/h3-10,12-13H,11,14H2,1-2H3,(H,28,29). The number of carbonyl (C=O) groups excluding carboxylic acids is 1. The maximum Gasteiger partial charge on any atom is 0.258 e. The van der Waals surface area contributed by atoms with Crippen LogP contribution in [0.1, 0.15) is 16.7 Å². The summed E-state index contributed by atoms with van der Waals surface area (Å²) in [5, 5.41) is 3.62. The number of pyridine rings is 2. The summed E-state index contributed by atoms with van der Waals surface area (Å²) in [7, 11) is 3.02. The van der Waals surface area contributed by atoms with Crippen molar-refractivity contribution in [3.8, 4) is 17.2 Å². The van der Waals surface area contributed by atoms with Crippen LogP contribution in [0.5, 0.6) is 17.2 Å². The first-order valence-corrected chi connectivity index (χ1v) is 10.3. The molecule has 32 heavy (non-hydrogen) atoms. The smallest absolute Gasteiger partial charge is 0.258 e. The Labute approximate surface area is 196 Å². The van der Waals surface area contributed by atoms with Crippen LogP contribution < -0.4 is 19.5 Å². The Kier molecular flexibility index (Phi) is 8.30. The number of ether oxygens (including phenoxy) is 3. The van der Waals surface area contributed by atoms with Crippen molar-refractivity contribution in [2.45, 2.75) is 6.54 Å². The lowest BCUT2D eigenvalue weighted by Gasteiger charge is -2.16. The lowest BCUT2D eigenvalue weighted by molar-refractivity contribution is -0.123. The van der Waals surface area contributed by atoms with Crippen molar-refractivity contribution in [1.29, 1.82) is 0 Å². The normalized spacial score (nSPS) is 10.8. The minimum Gasteiger partial charge on any atom is -0.493 e. The highest BCUT2D eigenvalue weighted by molar-refractivity contribution is 6.37. The number of nitrogens with one attached hydrogen (secondary N) is 1. The molecule has 0 bridgehead atoms. The minimum absolute atomic E-state index is 0.216. The van der Waals surface area contributed by atoms with Crippen LogP contribution in [0, 0.1) is 0 Å². The fourth-order valence-corrected chi connectivity index (χ4v) is 3.33. The van der Waals surface area contributed by atoms with Gasteiger partial charge in [0.15, 0.2) is 18.1 Å². The van der Waals surface area contributed by atoms with Crippen molar-refractivity contribution in [2.24, 2.45) is 0 Å². The number of rotatable bonds is 9. The van der Waals surface area contributed by atoms with E-state index in [2.05, 4.69) is 15.3 Å². The van der Waals surface area contributed by atoms with E-state index in [4.69, 9.17) is 37.4 Å². The molecule has 0 fully saturated rings. The minimum atomic E-state index is -0.290. The summed E-state index contributed by atoms with van der Waals surface area (Å²) in [5.74, 6) is 0.894. The highest BCUT2D eigenvalue weighted by Crippen LogP contribution is 2.41. The van der Waals surface area contributed by atoms with Gasteiger partial charge in [-0.05, 0) is 29.8 Å². The van der Waals surface area contributed by atoms with E-state index in [-0.39, 0.29) is 12.5 Å². The first-order chi connectivity index (χ1) is 15.5. The first-order valence-electron chi connectivity index (χ1n) is 9.54. The summed E-state index contributed by atoms with van der Waals surface area (Å²) in [4.78, 5) is 20.2. The molecule has 2 aromatic heterocycles. The van der Waals surface area contributed by atoms with E-state index in [0.717, 1.165) is 5.56 Å². The molecule has 9 heteroatoms. The van der Waals surface area contributed by atoms with Gasteiger partial charge >= 0.3 is 0 Å². The van der Waals surface area contributed by atoms with Gasteiger partial charge in [0.05, 0.1) is 24.3 Å². The first kappa shape index (κ1) is 23.4. The second-order valence-corrected chi connectivity index (χ2v) is 7.30. The van der Waals surface area contributed by atoms with Gasteiger partial charge in [0.25, 0.3) is 5.91 Å². The molecule has 7 nitrogen and oxygen atoms in total. The fraction of sp³-hybridized carbons (Fsp3) is 0.174. The van der Waals surface area contributed by atoms with E-state index in [0.29, 0.717) is 45.0 Å². The predicted molar refractivity (Wildman–Crippen MR) is 124 cm³/mol. The molecular weight excluding hydrogens is 453 g/mol. The Morgan fingerprint density at radius 2 is 1.69 bits per heavy atom. The van der Waals surface area contributed by atoms with E-state index >= 15 is 0 Å². The van der Waals surface area contributed by atoms with E-state index in [1.165, 1.54) is 26.6 Å². The van der Waals surface area contributed by atoms with E-state index < -0.39 is 0 Å². The zero-order valence-electron chi connectivity index (χ0n) is 17.5. The van der Waals surface area contributed by atoms with Crippen LogP contribution in [0.3, 0.4) is 0 Å². The van der Waals surface area contributed by atoms with Gasteiger partial charge in [0, 0.05) is 42.5 Å². The number of hydrogen-bond acceptors (Lipinski definition) is 6. The summed E-state index contributed by atoms with van der Waals surface area (Å²) < 4.78 is 16.7. The fourth-order valence-electron chi connectivity index (χ4n) is 2.84. The van der Waals surface area contributed by atoms with Gasteiger partial charge < -0.3 is 19.5 Å². The third-order valence-corrected chi connectivity index (χ3v) is 5.04. The van der Waals surface area contributed by atoms with Crippen molar-refractivity contribution in [3.63, 3.8) is 0 Å². The summed E-state index contributed by atoms with van der Waals surface area (Å²) in [6, 6.07) is 7.17. The maximum absolute atomic E-state index is 12.3. The Morgan fingerprint density at radius 1 is 0.969 bits per heavy atom. The van der Waals surface area contributed by atoms with E-state index in [9.17, 15) is 4.79 Å². The number of halogens is 2. The molecule has 166 valence electrons. The second-order valence-electron chi connectivity index (χ2n) is 6.49. The number of amides is 1. The van der Waals surface area contributed by atoms with Crippen LogP contribution in [-0.2, 0) is 11.3 Å². The third kappa shape index (κ3) is 5.90. The van der Waals surface area contributed by atoms with Gasteiger partial charge in [0.2, 0.25) is 5.75 Å². The lowest BCUT2D eigenvalue weighted by Crippen LogP contribution is -2.28. The van der Waals surface area contributed by atoms with Gasteiger partial charge in [-0.25, -0.2) is 0 Å². The van der Waals surface area contributed by atoms with Crippen molar-refractivity contribution in [3.05, 3.63) is 75.8 Å². The van der Waals surface area contributed by atoms with Gasteiger partial charge in [-0.3, -0.25) is 14.8 Å². The van der Waals surface area contributed by atoms with Gasteiger partial charge in [-0.1, -0.05) is 35.4 Å². The highest BCUT2D eigenvalue weighted by atomic mass is 35.5. The molecular formula is C23H21Cl2N3O4. The van der Waals surface area contributed by atoms with Crippen molar-refractivity contribution in [1.82, 2.24) is 15.3 Å². The monoisotopic (exact) mass is 473 g/mol. The molecule has 0 atom stereocenters. The highest BCUT2D eigenvalue weighted by Gasteiger charge is 2.17. The number of nitrogens with zero attached hydrogens (tertiary/aromatic N) is 2. The Bertz CT molecular complexity index is 1090. The molecule has 0 aliphatic rings. The van der Waals surface area contributed by atoms with Crippen LogP contribution >= 0.6 is 23.2 Å². The molecule has 0 aliphatic carbocycles. The van der Waals surface area contributed by atoms with Crippen molar-refractivity contribution >= 4 is 41.3 Å². The quantitative estimate of drug-likeness (QED) is 0.486.